The second-order valence-electron chi connectivity index (χ2n) is 7.57. The zero-order valence-corrected chi connectivity index (χ0v) is 18.5. The lowest BCUT2D eigenvalue weighted by Gasteiger charge is -2.35. The molecule has 0 radical (unpaired) electrons. The Bertz CT molecular complexity index is 1010. The number of anilines is 1. The number of carbonyl (C=O) groups is 1. The molecule has 1 saturated heterocycles. The minimum absolute atomic E-state index is 0.0359. The SMILES string of the molecule is C/C=C\[C@H](C(C)C)[C@]1(C(=O)OCC)CCN(c2ccc(C#N)c(C(F)(F)F)c2)S1(=O)=O. The van der Waals surface area contributed by atoms with Gasteiger partial charge in [-0.05, 0) is 44.4 Å². The number of alkyl halides is 3. The van der Waals surface area contributed by atoms with Crippen LogP contribution in [0, 0.1) is 23.2 Å². The maximum Gasteiger partial charge on any atom is 0.417 e. The number of hydrogen-bond acceptors (Lipinski definition) is 5. The van der Waals surface area contributed by atoms with E-state index in [2.05, 4.69) is 0 Å². The molecule has 170 valence electrons. The second kappa shape index (κ2) is 8.91. The predicted octanol–water partition coefficient (Wildman–Crippen LogP) is 4.27. The molecule has 0 unspecified atom stereocenters. The highest BCUT2D eigenvalue weighted by molar-refractivity contribution is 7.95. The molecule has 2 atom stereocenters. The third-order valence-electron chi connectivity index (χ3n) is 5.43. The lowest BCUT2D eigenvalue weighted by molar-refractivity contribution is -0.148. The van der Waals surface area contributed by atoms with Gasteiger partial charge in [-0.2, -0.15) is 18.4 Å². The Labute approximate surface area is 180 Å². The number of nitriles is 1. The molecule has 0 aromatic heterocycles. The fourth-order valence-corrected chi connectivity index (χ4v) is 6.49. The summed E-state index contributed by atoms with van der Waals surface area (Å²) in [7, 11) is -4.45. The smallest absolute Gasteiger partial charge is 0.417 e. The molecule has 1 heterocycles. The van der Waals surface area contributed by atoms with Gasteiger partial charge in [-0.15, -0.1) is 0 Å². The van der Waals surface area contributed by atoms with Crippen LogP contribution in [0.1, 0.15) is 45.2 Å². The summed E-state index contributed by atoms with van der Waals surface area (Å²) in [6, 6.07) is 4.19. The van der Waals surface area contributed by atoms with E-state index in [1.807, 2.05) is 0 Å². The molecular weight excluding hydrogens is 433 g/mol. The highest BCUT2D eigenvalue weighted by atomic mass is 32.2. The molecule has 6 nitrogen and oxygen atoms in total. The summed E-state index contributed by atoms with van der Waals surface area (Å²) in [6.45, 7) is 6.57. The molecular formula is C21H25F3N2O4S. The number of esters is 1. The summed E-state index contributed by atoms with van der Waals surface area (Å²) in [6.07, 6.45) is -1.70. The van der Waals surface area contributed by atoms with Gasteiger partial charge in [-0.3, -0.25) is 9.10 Å². The van der Waals surface area contributed by atoms with Gasteiger partial charge in [0, 0.05) is 12.5 Å². The third-order valence-corrected chi connectivity index (χ3v) is 7.97. The van der Waals surface area contributed by atoms with E-state index in [0.29, 0.717) is 6.07 Å². The number of rotatable bonds is 6. The van der Waals surface area contributed by atoms with Crippen LogP contribution in [0.5, 0.6) is 0 Å². The van der Waals surface area contributed by atoms with Crippen molar-refractivity contribution >= 4 is 21.7 Å². The lowest BCUT2D eigenvalue weighted by Crippen LogP contribution is -2.54. The van der Waals surface area contributed by atoms with Gasteiger partial charge in [0.05, 0.1) is 29.5 Å². The quantitative estimate of drug-likeness (QED) is 0.469. The van der Waals surface area contributed by atoms with E-state index in [0.717, 1.165) is 16.4 Å². The van der Waals surface area contributed by atoms with Crippen molar-refractivity contribution in [3.05, 3.63) is 41.5 Å². The van der Waals surface area contributed by atoms with E-state index in [-0.39, 0.29) is 31.2 Å². The number of carbonyl (C=O) groups excluding carboxylic acids is 1. The zero-order chi connectivity index (χ0) is 23.6. The van der Waals surface area contributed by atoms with E-state index in [1.165, 1.54) is 6.07 Å². The number of benzene rings is 1. The average Bonchev–Trinajstić information content (AvgIpc) is 2.96. The van der Waals surface area contributed by atoms with Gasteiger partial charge >= 0.3 is 12.1 Å². The zero-order valence-electron chi connectivity index (χ0n) is 17.7. The number of hydrogen-bond donors (Lipinski definition) is 0. The molecule has 10 heteroatoms. The number of sulfonamides is 1. The maximum atomic E-state index is 13.7. The third kappa shape index (κ3) is 4.15. The summed E-state index contributed by atoms with van der Waals surface area (Å²) in [5.41, 5.74) is -2.09. The van der Waals surface area contributed by atoms with Crippen LogP contribution in [0.15, 0.2) is 30.4 Å². The molecule has 0 aliphatic carbocycles. The summed E-state index contributed by atoms with van der Waals surface area (Å²) in [5, 5.41) is 9.00. The van der Waals surface area contributed by atoms with Gasteiger partial charge in [0.1, 0.15) is 0 Å². The number of allylic oxidation sites excluding steroid dienone is 2. The van der Waals surface area contributed by atoms with E-state index in [1.54, 1.807) is 39.8 Å². The van der Waals surface area contributed by atoms with E-state index >= 15 is 0 Å². The Morgan fingerprint density at radius 3 is 2.52 bits per heavy atom. The Kier molecular flexibility index (Phi) is 7.10. The van der Waals surface area contributed by atoms with Crippen LogP contribution in [-0.2, 0) is 25.7 Å². The molecule has 0 amide bonds. The highest BCUT2D eigenvalue weighted by Crippen LogP contribution is 2.46. The van der Waals surface area contributed by atoms with Gasteiger partial charge in [-0.25, -0.2) is 8.42 Å². The van der Waals surface area contributed by atoms with Crippen molar-refractivity contribution in [3.63, 3.8) is 0 Å². The molecule has 1 aliphatic rings. The van der Waals surface area contributed by atoms with Crippen molar-refractivity contribution in [2.45, 2.75) is 45.0 Å². The first kappa shape index (κ1) is 24.7. The summed E-state index contributed by atoms with van der Waals surface area (Å²) in [5.74, 6) is -1.92. The number of ether oxygens (including phenoxy) is 1. The van der Waals surface area contributed by atoms with E-state index < -0.39 is 44.0 Å². The molecule has 1 aromatic rings. The molecule has 2 rings (SSSR count). The van der Waals surface area contributed by atoms with Gasteiger partial charge in [0.2, 0.25) is 0 Å². The number of halogens is 3. The van der Waals surface area contributed by atoms with Crippen molar-refractivity contribution in [3.8, 4) is 6.07 Å². The van der Waals surface area contributed by atoms with E-state index in [4.69, 9.17) is 10.00 Å². The predicted molar refractivity (Wildman–Crippen MR) is 110 cm³/mol. The van der Waals surface area contributed by atoms with Crippen molar-refractivity contribution < 1.29 is 31.1 Å². The van der Waals surface area contributed by atoms with Gasteiger partial charge < -0.3 is 4.74 Å². The molecule has 1 fully saturated rings. The monoisotopic (exact) mass is 458 g/mol. The van der Waals surface area contributed by atoms with Crippen LogP contribution in [0.4, 0.5) is 18.9 Å². The van der Waals surface area contributed by atoms with Crippen LogP contribution < -0.4 is 4.31 Å². The van der Waals surface area contributed by atoms with Gasteiger partial charge in [0.25, 0.3) is 10.0 Å². The molecule has 31 heavy (non-hydrogen) atoms. The molecule has 0 saturated carbocycles. The largest absolute Gasteiger partial charge is 0.465 e. The minimum Gasteiger partial charge on any atom is -0.465 e. The van der Waals surface area contributed by atoms with E-state index in [9.17, 15) is 26.4 Å². The first-order valence-corrected chi connectivity index (χ1v) is 11.3. The first-order chi connectivity index (χ1) is 14.4. The Hall–Kier alpha value is -2.54. The van der Waals surface area contributed by atoms with Crippen LogP contribution in [0.2, 0.25) is 0 Å². The first-order valence-electron chi connectivity index (χ1n) is 9.82. The van der Waals surface area contributed by atoms with Crippen LogP contribution in [0.25, 0.3) is 0 Å². The normalized spacial score (nSPS) is 22.0. The molecule has 0 bridgehead atoms. The van der Waals surface area contributed by atoms with Crippen molar-refractivity contribution in [2.24, 2.45) is 11.8 Å². The summed E-state index contributed by atoms with van der Waals surface area (Å²) >= 11 is 0. The average molecular weight is 459 g/mol. The Balaban J connectivity index is 2.71. The molecule has 0 N–H and O–H groups in total. The van der Waals surface area contributed by atoms with Crippen molar-refractivity contribution in [1.82, 2.24) is 0 Å². The lowest BCUT2D eigenvalue weighted by atomic mass is 9.80. The van der Waals surface area contributed by atoms with Crippen LogP contribution in [-0.4, -0.2) is 32.3 Å². The topological polar surface area (TPSA) is 87.5 Å². The molecule has 0 spiro atoms. The van der Waals surface area contributed by atoms with Crippen molar-refractivity contribution in [2.75, 3.05) is 17.5 Å². The minimum atomic E-state index is -4.84. The maximum absolute atomic E-state index is 13.7. The Morgan fingerprint density at radius 2 is 2.03 bits per heavy atom. The standard InChI is InChI=1S/C21H25F3N2O4S/c1-5-7-17(14(3)4)20(19(27)30-6-2)10-11-26(31(20,28)29)16-9-8-15(13-25)18(12-16)21(22,23)24/h5,7-9,12,14,17H,6,10-11H2,1-4H3/b7-5-/t17-,20+/m1/s1. The number of nitrogens with zero attached hydrogens (tertiary/aromatic N) is 2. The molecule has 1 aliphatic heterocycles. The fraction of sp³-hybridized carbons (Fsp3) is 0.524. The molecule has 1 aromatic carbocycles. The van der Waals surface area contributed by atoms with Crippen LogP contribution in [0.3, 0.4) is 0 Å². The second-order valence-corrected chi connectivity index (χ2v) is 9.69. The van der Waals surface area contributed by atoms with Crippen LogP contribution >= 0.6 is 0 Å². The summed E-state index contributed by atoms with van der Waals surface area (Å²) < 4.78 is 71.6. The summed E-state index contributed by atoms with van der Waals surface area (Å²) in [4.78, 5) is 13.0. The fourth-order valence-electron chi connectivity index (χ4n) is 4.06. The Morgan fingerprint density at radius 1 is 1.39 bits per heavy atom. The highest BCUT2D eigenvalue weighted by Gasteiger charge is 2.63. The van der Waals surface area contributed by atoms with Gasteiger partial charge in [0.15, 0.2) is 4.75 Å². The van der Waals surface area contributed by atoms with Gasteiger partial charge in [-0.1, -0.05) is 26.0 Å². The van der Waals surface area contributed by atoms with Crippen molar-refractivity contribution in [1.29, 1.82) is 5.26 Å².